The van der Waals surface area contributed by atoms with Crippen LogP contribution in [0.4, 0.5) is 0 Å². The van der Waals surface area contributed by atoms with Crippen molar-refractivity contribution in [2.75, 3.05) is 20.3 Å². The lowest BCUT2D eigenvalue weighted by Gasteiger charge is -2.43. The second-order valence-electron chi connectivity index (χ2n) is 5.50. The lowest BCUT2D eigenvalue weighted by molar-refractivity contribution is -0.301. The van der Waals surface area contributed by atoms with Crippen LogP contribution < -0.4 is 0 Å². The first-order valence-corrected chi connectivity index (χ1v) is 8.08. The molecule has 13 nitrogen and oxygen atoms in total. The molecule has 3 unspecified atom stereocenters. The van der Waals surface area contributed by atoms with Gasteiger partial charge in [0.25, 0.3) is 0 Å². The molecule has 13 heteroatoms. The van der Waals surface area contributed by atoms with E-state index >= 15 is 0 Å². The molecule has 0 bridgehead atoms. The molecule has 0 aromatic carbocycles. The van der Waals surface area contributed by atoms with Gasteiger partial charge in [-0.3, -0.25) is 14.4 Å². The maximum Gasteiger partial charge on any atom is 0.339 e. The van der Waals surface area contributed by atoms with Crippen LogP contribution >= 0.6 is 0 Å². The van der Waals surface area contributed by atoms with Crippen LogP contribution in [0, 0.1) is 0 Å². The van der Waals surface area contributed by atoms with Gasteiger partial charge >= 0.3 is 23.9 Å². The molecule has 28 heavy (non-hydrogen) atoms. The van der Waals surface area contributed by atoms with Crippen molar-refractivity contribution in [2.24, 2.45) is 5.11 Å². The maximum absolute atomic E-state index is 12.1. The first kappa shape index (κ1) is 23.1. The number of rotatable bonds is 8. The van der Waals surface area contributed by atoms with E-state index in [1.54, 1.807) is 0 Å². The van der Waals surface area contributed by atoms with Crippen LogP contribution in [0.3, 0.4) is 0 Å². The minimum absolute atomic E-state index is 0.0857. The fourth-order valence-corrected chi connectivity index (χ4v) is 2.47. The van der Waals surface area contributed by atoms with E-state index in [4.69, 9.17) is 29.2 Å². The monoisotopic (exact) mass is 403 g/mol. The number of carbonyl (C=O) groups is 4. The number of esters is 4. The van der Waals surface area contributed by atoms with Crippen molar-refractivity contribution in [3.8, 4) is 0 Å². The fourth-order valence-electron chi connectivity index (χ4n) is 2.47. The highest BCUT2D eigenvalue weighted by Gasteiger charge is 2.55. The highest BCUT2D eigenvalue weighted by atomic mass is 16.7. The van der Waals surface area contributed by atoms with Crippen molar-refractivity contribution < 1.29 is 47.6 Å². The predicted molar refractivity (Wildman–Crippen MR) is 87.3 cm³/mol. The van der Waals surface area contributed by atoms with Gasteiger partial charge in [-0.2, -0.15) is 0 Å². The van der Waals surface area contributed by atoms with Gasteiger partial charge in [-0.15, -0.1) is 0 Å². The van der Waals surface area contributed by atoms with E-state index < -0.39 is 54.6 Å². The standard InChI is InChI=1S/C15H21N3O10/c1-7(19)25-10-11(26-8(2)20)13(27-9(3)21)15(24-6-5-17-18-16)28-12(10)14(22)23-4/h10-13,15H,5-6H2,1-4H3/t10-,11?,12?,13?,15+/m0/s1. The van der Waals surface area contributed by atoms with Gasteiger partial charge in [-0.25, -0.2) is 4.79 Å². The Bertz CT molecular complexity index is 648. The van der Waals surface area contributed by atoms with Crippen LogP contribution in [-0.2, 0) is 47.6 Å². The molecule has 0 N–H and O–H groups in total. The third-order valence-electron chi connectivity index (χ3n) is 3.37. The molecule has 1 saturated heterocycles. The average molecular weight is 403 g/mol. The number of ether oxygens (including phenoxy) is 6. The molecule has 156 valence electrons. The summed E-state index contributed by atoms with van der Waals surface area (Å²) in [5.74, 6) is -3.30. The molecule has 0 radical (unpaired) electrons. The van der Waals surface area contributed by atoms with Crippen molar-refractivity contribution in [2.45, 2.75) is 51.5 Å². The van der Waals surface area contributed by atoms with Gasteiger partial charge in [0.15, 0.2) is 30.7 Å². The van der Waals surface area contributed by atoms with Crippen LogP contribution in [0.25, 0.3) is 10.4 Å². The summed E-state index contributed by atoms with van der Waals surface area (Å²) < 4.78 is 30.9. The number of carbonyl (C=O) groups excluding carboxylic acids is 4. The molecule has 0 aromatic rings. The van der Waals surface area contributed by atoms with Crippen molar-refractivity contribution in [3.05, 3.63) is 10.4 Å². The Balaban J connectivity index is 3.28. The molecule has 0 aromatic heterocycles. The van der Waals surface area contributed by atoms with Gasteiger partial charge in [0, 0.05) is 32.2 Å². The molecule has 1 aliphatic heterocycles. The van der Waals surface area contributed by atoms with E-state index in [-0.39, 0.29) is 13.2 Å². The van der Waals surface area contributed by atoms with Crippen LogP contribution in [0.2, 0.25) is 0 Å². The summed E-state index contributed by atoms with van der Waals surface area (Å²) in [5.41, 5.74) is 8.32. The van der Waals surface area contributed by atoms with Crippen LogP contribution in [0.5, 0.6) is 0 Å². The van der Waals surface area contributed by atoms with Gasteiger partial charge < -0.3 is 28.4 Å². The number of azide groups is 1. The van der Waals surface area contributed by atoms with Crippen LogP contribution in [-0.4, -0.2) is 74.8 Å². The molecule has 1 rings (SSSR count). The maximum atomic E-state index is 12.1. The Labute approximate surface area is 159 Å². The van der Waals surface area contributed by atoms with E-state index in [2.05, 4.69) is 14.8 Å². The zero-order valence-electron chi connectivity index (χ0n) is 15.7. The van der Waals surface area contributed by atoms with E-state index in [1.165, 1.54) is 0 Å². The van der Waals surface area contributed by atoms with Crippen molar-refractivity contribution >= 4 is 23.9 Å². The molecule has 0 amide bonds. The Kier molecular flexibility index (Phi) is 9.15. The number of hydrogen-bond donors (Lipinski definition) is 0. The topological polar surface area (TPSA) is 172 Å². The second-order valence-corrected chi connectivity index (χ2v) is 5.50. The van der Waals surface area contributed by atoms with E-state index in [0.717, 1.165) is 27.9 Å². The molecule has 1 heterocycles. The number of nitrogens with zero attached hydrogens (tertiary/aromatic N) is 3. The van der Waals surface area contributed by atoms with Crippen molar-refractivity contribution in [3.63, 3.8) is 0 Å². The van der Waals surface area contributed by atoms with E-state index in [0.29, 0.717) is 0 Å². The first-order valence-electron chi connectivity index (χ1n) is 8.08. The third-order valence-corrected chi connectivity index (χ3v) is 3.37. The van der Waals surface area contributed by atoms with Gasteiger partial charge in [-0.05, 0) is 5.53 Å². The Hall–Kier alpha value is -2.89. The van der Waals surface area contributed by atoms with Crippen LogP contribution in [0.15, 0.2) is 5.11 Å². The number of methoxy groups -OCH3 is 1. The first-order chi connectivity index (χ1) is 13.2. The van der Waals surface area contributed by atoms with Gasteiger partial charge in [-0.1, -0.05) is 5.11 Å². The molecule has 0 aliphatic carbocycles. The van der Waals surface area contributed by atoms with E-state index in [1.807, 2.05) is 0 Å². The van der Waals surface area contributed by atoms with Crippen LogP contribution in [0.1, 0.15) is 20.8 Å². The molecule has 1 fully saturated rings. The van der Waals surface area contributed by atoms with Gasteiger partial charge in [0.2, 0.25) is 0 Å². The SMILES string of the molecule is COC(=O)C1O[C@@H](OCCN=[N+]=[N-])C(OC(C)=O)C(OC(C)=O)[C@@H]1OC(C)=O. The predicted octanol–water partition coefficient (Wildman–Crippen LogP) is 0.00630. The summed E-state index contributed by atoms with van der Waals surface area (Å²) in [6, 6.07) is 0. The number of hydrogen-bond acceptors (Lipinski definition) is 11. The normalized spacial score (nSPS) is 26.4. The molecular formula is C15H21N3O10. The zero-order chi connectivity index (χ0) is 21.3. The summed E-state index contributed by atoms with van der Waals surface area (Å²) in [6.07, 6.45) is -7.20. The summed E-state index contributed by atoms with van der Waals surface area (Å²) in [5, 5.41) is 3.28. The molecule has 0 saturated carbocycles. The smallest absolute Gasteiger partial charge is 0.339 e. The molecular weight excluding hydrogens is 382 g/mol. The van der Waals surface area contributed by atoms with Crippen molar-refractivity contribution in [1.82, 2.24) is 0 Å². The minimum Gasteiger partial charge on any atom is -0.467 e. The lowest BCUT2D eigenvalue weighted by atomic mass is 9.97. The highest BCUT2D eigenvalue weighted by molar-refractivity contribution is 5.77. The lowest BCUT2D eigenvalue weighted by Crippen LogP contribution is -2.63. The molecule has 1 aliphatic rings. The Morgan fingerprint density at radius 3 is 2.00 bits per heavy atom. The summed E-state index contributed by atoms with van der Waals surface area (Å²) in [6.45, 7) is 3.00. The zero-order valence-corrected chi connectivity index (χ0v) is 15.7. The van der Waals surface area contributed by atoms with E-state index in [9.17, 15) is 19.2 Å². The molecule has 5 atom stereocenters. The Morgan fingerprint density at radius 1 is 0.964 bits per heavy atom. The highest BCUT2D eigenvalue weighted by Crippen LogP contribution is 2.30. The second kappa shape index (κ2) is 11.1. The molecule has 0 spiro atoms. The fraction of sp³-hybridized carbons (Fsp3) is 0.733. The average Bonchev–Trinajstić information content (AvgIpc) is 2.61. The Morgan fingerprint density at radius 2 is 1.50 bits per heavy atom. The summed E-state index contributed by atoms with van der Waals surface area (Å²) in [4.78, 5) is 49.3. The van der Waals surface area contributed by atoms with Gasteiger partial charge in [0.1, 0.15) is 0 Å². The summed E-state index contributed by atoms with van der Waals surface area (Å²) >= 11 is 0. The summed E-state index contributed by atoms with van der Waals surface area (Å²) in [7, 11) is 1.08. The minimum atomic E-state index is -1.53. The van der Waals surface area contributed by atoms with Gasteiger partial charge in [0.05, 0.1) is 13.7 Å². The largest absolute Gasteiger partial charge is 0.467 e. The quantitative estimate of drug-likeness (QED) is 0.134. The van der Waals surface area contributed by atoms with Crippen molar-refractivity contribution in [1.29, 1.82) is 0 Å². The third kappa shape index (κ3) is 6.68.